The van der Waals surface area contributed by atoms with E-state index >= 15 is 0 Å². The first-order chi connectivity index (χ1) is 16.0. The van der Waals surface area contributed by atoms with Crippen molar-refractivity contribution in [2.45, 2.75) is 39.2 Å². The molecule has 0 unspecified atom stereocenters. The Labute approximate surface area is 192 Å². The number of nitrogens with zero attached hydrogens (tertiary/aromatic N) is 5. The molecule has 0 spiro atoms. The third kappa shape index (κ3) is 3.49. The maximum absolute atomic E-state index is 13.4. The summed E-state index contributed by atoms with van der Waals surface area (Å²) in [6.45, 7) is 4.06. The van der Waals surface area contributed by atoms with Crippen LogP contribution >= 0.6 is 0 Å². The largest absolute Gasteiger partial charge is 0.416 e. The average molecular weight is 469 g/mol. The fourth-order valence-corrected chi connectivity index (χ4v) is 4.58. The van der Waals surface area contributed by atoms with Crippen LogP contribution in [0.2, 0.25) is 0 Å². The molecule has 4 aromatic rings. The van der Waals surface area contributed by atoms with Gasteiger partial charge in [-0.2, -0.15) is 13.2 Å². The van der Waals surface area contributed by atoms with Crippen molar-refractivity contribution >= 4 is 16.8 Å². The predicted octanol–water partition coefficient (Wildman–Crippen LogP) is 3.90. The molecule has 1 amide bonds. The van der Waals surface area contributed by atoms with E-state index in [2.05, 4.69) is 4.98 Å². The summed E-state index contributed by atoms with van der Waals surface area (Å²) in [5.74, 6) is -0.340. The zero-order valence-electron chi connectivity index (χ0n) is 18.8. The van der Waals surface area contributed by atoms with Crippen LogP contribution in [0.15, 0.2) is 53.8 Å². The minimum absolute atomic E-state index is 0.134. The zero-order chi connectivity index (χ0) is 24.4. The monoisotopic (exact) mass is 469 g/mol. The Morgan fingerprint density at radius 2 is 1.88 bits per heavy atom. The van der Waals surface area contributed by atoms with Crippen molar-refractivity contribution in [2.24, 2.45) is 7.05 Å². The molecule has 0 bridgehead atoms. The van der Waals surface area contributed by atoms with Gasteiger partial charge in [0.1, 0.15) is 11.4 Å². The average Bonchev–Trinajstić information content (AvgIpc) is 3.34. The van der Waals surface area contributed by atoms with E-state index in [-0.39, 0.29) is 36.3 Å². The van der Waals surface area contributed by atoms with Gasteiger partial charge in [0.25, 0.3) is 11.5 Å². The molecule has 1 aliphatic rings. The topological polar surface area (TPSA) is 65.1 Å². The normalized spacial score (nSPS) is 16.4. The SMILES string of the molecule is Cc1cn(-c2ccc3n(c2=O)C[C@@H](C)N(Cc2cn(C)c4ccc(C(F)(F)F)cc24)C3=O)cn1. The quantitative estimate of drug-likeness (QED) is 0.457. The molecule has 1 atom stereocenters. The molecule has 1 aliphatic heterocycles. The number of hydrogen-bond acceptors (Lipinski definition) is 3. The van der Waals surface area contributed by atoms with E-state index in [4.69, 9.17) is 0 Å². The number of aryl methyl sites for hydroxylation is 2. The van der Waals surface area contributed by atoms with Crippen molar-refractivity contribution in [1.82, 2.24) is 23.6 Å². The van der Waals surface area contributed by atoms with E-state index in [9.17, 15) is 22.8 Å². The summed E-state index contributed by atoms with van der Waals surface area (Å²) in [5.41, 5.74) is 1.65. The Kier molecular flexibility index (Phi) is 4.92. The Balaban J connectivity index is 1.52. The van der Waals surface area contributed by atoms with E-state index in [1.54, 1.807) is 51.9 Å². The Morgan fingerprint density at radius 1 is 1.12 bits per heavy atom. The molecule has 0 aliphatic carbocycles. The van der Waals surface area contributed by atoms with Crippen LogP contribution in [-0.4, -0.2) is 35.5 Å². The van der Waals surface area contributed by atoms with Crippen LogP contribution in [0.4, 0.5) is 13.2 Å². The van der Waals surface area contributed by atoms with Gasteiger partial charge >= 0.3 is 6.18 Å². The molecule has 0 fully saturated rings. The van der Waals surface area contributed by atoms with Gasteiger partial charge < -0.3 is 18.6 Å². The molecule has 4 heterocycles. The molecule has 1 aromatic carbocycles. The second kappa shape index (κ2) is 7.61. The van der Waals surface area contributed by atoms with E-state index in [0.717, 1.165) is 17.8 Å². The lowest BCUT2D eigenvalue weighted by atomic mass is 10.1. The first kappa shape index (κ1) is 22.0. The highest BCUT2D eigenvalue weighted by atomic mass is 19.4. The number of rotatable bonds is 3. The molecule has 3 aromatic heterocycles. The summed E-state index contributed by atoms with van der Waals surface area (Å²) >= 11 is 0. The fourth-order valence-electron chi connectivity index (χ4n) is 4.58. The summed E-state index contributed by atoms with van der Waals surface area (Å²) in [6.07, 6.45) is 0.576. The van der Waals surface area contributed by atoms with Crippen LogP contribution in [0.3, 0.4) is 0 Å². The molecule has 34 heavy (non-hydrogen) atoms. The van der Waals surface area contributed by atoms with Crippen LogP contribution in [0.1, 0.15) is 34.2 Å². The first-order valence-corrected chi connectivity index (χ1v) is 10.8. The summed E-state index contributed by atoms with van der Waals surface area (Å²) in [7, 11) is 1.76. The molecule has 0 saturated carbocycles. The van der Waals surface area contributed by atoms with Gasteiger partial charge in [-0.1, -0.05) is 0 Å². The van der Waals surface area contributed by atoms with Crippen LogP contribution in [0.25, 0.3) is 16.6 Å². The number of carbonyl (C=O) groups excluding carboxylic acids is 1. The summed E-state index contributed by atoms with van der Waals surface area (Å²) < 4.78 is 44.7. The Hall–Kier alpha value is -3.82. The van der Waals surface area contributed by atoms with Crippen molar-refractivity contribution in [2.75, 3.05) is 0 Å². The fraction of sp³-hybridized carbons (Fsp3) is 0.292. The third-order valence-corrected chi connectivity index (χ3v) is 6.34. The minimum atomic E-state index is -4.46. The number of amides is 1. The van der Waals surface area contributed by atoms with Gasteiger partial charge in [-0.15, -0.1) is 0 Å². The highest BCUT2D eigenvalue weighted by Gasteiger charge is 2.33. The van der Waals surface area contributed by atoms with Crippen molar-refractivity contribution < 1.29 is 18.0 Å². The number of pyridine rings is 1. The molecule has 0 radical (unpaired) electrons. The lowest BCUT2D eigenvalue weighted by molar-refractivity contribution is -0.137. The molecule has 5 rings (SSSR count). The molecule has 176 valence electrons. The molecule has 0 N–H and O–H groups in total. The van der Waals surface area contributed by atoms with Gasteiger partial charge in [0.15, 0.2) is 0 Å². The van der Waals surface area contributed by atoms with E-state index < -0.39 is 11.7 Å². The lowest BCUT2D eigenvalue weighted by Gasteiger charge is -2.35. The Bertz CT molecular complexity index is 1490. The third-order valence-electron chi connectivity index (χ3n) is 6.34. The zero-order valence-corrected chi connectivity index (χ0v) is 18.8. The predicted molar refractivity (Wildman–Crippen MR) is 120 cm³/mol. The van der Waals surface area contributed by atoms with Crippen molar-refractivity contribution in [3.05, 3.63) is 81.9 Å². The number of carbonyl (C=O) groups is 1. The Morgan fingerprint density at radius 3 is 2.56 bits per heavy atom. The smallest absolute Gasteiger partial charge is 0.350 e. The number of fused-ring (bicyclic) bond motifs is 2. The standard InChI is InChI=1S/C24H22F3N5O2/c1-14-9-30(13-28-14)20-6-7-21-23(34)31(15(2)10-32(21)22(20)33)12-16-11-29(3)19-5-4-17(8-18(16)19)24(25,26)27/h4-9,11,13,15H,10,12H2,1-3H3/t15-/m1/s1. The first-order valence-electron chi connectivity index (χ1n) is 10.8. The number of benzene rings is 1. The van der Waals surface area contributed by atoms with E-state index in [1.807, 2.05) is 13.8 Å². The summed E-state index contributed by atoms with van der Waals surface area (Å²) in [4.78, 5) is 32.2. The van der Waals surface area contributed by atoms with E-state index in [0.29, 0.717) is 22.2 Å². The van der Waals surface area contributed by atoms with Crippen LogP contribution < -0.4 is 5.56 Å². The molecule has 0 saturated heterocycles. The number of imidazole rings is 1. The summed E-state index contributed by atoms with van der Waals surface area (Å²) in [6, 6.07) is 6.49. The van der Waals surface area contributed by atoms with Gasteiger partial charge in [-0.25, -0.2) is 4.98 Å². The highest BCUT2D eigenvalue weighted by Crippen LogP contribution is 2.33. The second-order valence-electron chi connectivity index (χ2n) is 8.72. The van der Waals surface area contributed by atoms with Gasteiger partial charge in [0.2, 0.25) is 0 Å². The minimum Gasteiger partial charge on any atom is -0.350 e. The van der Waals surface area contributed by atoms with Gasteiger partial charge in [0, 0.05) is 49.5 Å². The second-order valence-corrected chi connectivity index (χ2v) is 8.72. The van der Waals surface area contributed by atoms with E-state index in [1.165, 1.54) is 10.6 Å². The van der Waals surface area contributed by atoms with Crippen LogP contribution in [-0.2, 0) is 26.3 Å². The van der Waals surface area contributed by atoms with Gasteiger partial charge in [-0.05, 0) is 49.7 Å². The number of hydrogen-bond donors (Lipinski definition) is 0. The summed E-state index contributed by atoms with van der Waals surface area (Å²) in [5, 5.41) is 0.450. The maximum atomic E-state index is 13.4. The van der Waals surface area contributed by atoms with Crippen molar-refractivity contribution in [3.8, 4) is 5.69 Å². The van der Waals surface area contributed by atoms with Crippen molar-refractivity contribution in [3.63, 3.8) is 0 Å². The molecular weight excluding hydrogens is 447 g/mol. The molecule has 10 heteroatoms. The van der Waals surface area contributed by atoms with Gasteiger partial charge in [-0.3, -0.25) is 9.59 Å². The lowest BCUT2D eigenvalue weighted by Crippen LogP contribution is -2.49. The van der Waals surface area contributed by atoms with Crippen molar-refractivity contribution in [1.29, 1.82) is 0 Å². The van der Waals surface area contributed by atoms with Gasteiger partial charge in [0.05, 0.1) is 17.6 Å². The molecular formula is C24H22F3N5O2. The van der Waals surface area contributed by atoms with Crippen LogP contribution in [0, 0.1) is 6.92 Å². The number of alkyl halides is 3. The maximum Gasteiger partial charge on any atom is 0.416 e. The molecule has 7 nitrogen and oxygen atoms in total. The highest BCUT2D eigenvalue weighted by molar-refractivity contribution is 5.94. The number of halogens is 3. The number of aromatic nitrogens is 4. The van der Waals surface area contributed by atoms with Crippen LogP contribution in [0.5, 0.6) is 0 Å².